The molecule has 0 aliphatic carbocycles. The van der Waals surface area contributed by atoms with E-state index in [0.717, 1.165) is 23.0 Å². The van der Waals surface area contributed by atoms with E-state index in [1.54, 1.807) is 30.5 Å². The van der Waals surface area contributed by atoms with E-state index in [1.807, 2.05) is 36.4 Å². The second kappa shape index (κ2) is 9.42. The Morgan fingerprint density at radius 3 is 2.61 bits per heavy atom. The van der Waals surface area contributed by atoms with E-state index in [2.05, 4.69) is 19.9 Å². The lowest BCUT2D eigenvalue weighted by atomic mass is 10.1. The van der Waals surface area contributed by atoms with Crippen LogP contribution < -0.4 is 16.0 Å². The maximum absolute atomic E-state index is 12.6. The van der Waals surface area contributed by atoms with Gasteiger partial charge in [0.05, 0.1) is 24.7 Å². The number of hydrogen-bond donors (Lipinski definition) is 3. The number of hydrogen-bond acceptors (Lipinski definition) is 7. The van der Waals surface area contributed by atoms with Gasteiger partial charge in [-0.25, -0.2) is 9.97 Å². The second-order valence-corrected chi connectivity index (χ2v) is 7.98. The quantitative estimate of drug-likeness (QED) is 0.284. The van der Waals surface area contributed by atoms with E-state index in [-0.39, 0.29) is 16.4 Å². The highest BCUT2D eigenvalue weighted by atomic mass is 32.2. The summed E-state index contributed by atoms with van der Waals surface area (Å²) in [4.78, 5) is 39.3. The van der Waals surface area contributed by atoms with Gasteiger partial charge in [-0.15, -0.1) is 0 Å². The molecule has 4 aromatic rings. The molecule has 164 valence electrons. The van der Waals surface area contributed by atoms with Crippen molar-refractivity contribution in [3.8, 4) is 34.3 Å². The summed E-state index contributed by atoms with van der Waals surface area (Å²) >= 11 is 0.935. The lowest BCUT2D eigenvalue weighted by molar-refractivity contribution is -0.117. The summed E-state index contributed by atoms with van der Waals surface area (Å²) in [6.07, 6.45) is 1.61. The van der Waals surface area contributed by atoms with Gasteiger partial charge in [0.15, 0.2) is 5.16 Å². The predicted molar refractivity (Wildman–Crippen MR) is 123 cm³/mol. The Morgan fingerprint density at radius 2 is 1.91 bits per heavy atom. The fourth-order valence-corrected chi connectivity index (χ4v) is 4.05. The van der Waals surface area contributed by atoms with Crippen molar-refractivity contribution in [2.75, 3.05) is 7.11 Å². The van der Waals surface area contributed by atoms with Gasteiger partial charge < -0.3 is 20.4 Å². The molecule has 2 aromatic heterocycles. The normalized spacial score (nSPS) is 11.5. The Hall–Kier alpha value is -4.36. The van der Waals surface area contributed by atoms with Gasteiger partial charge in [-0.05, 0) is 17.7 Å². The number of amides is 1. The Labute approximate surface area is 192 Å². The Bertz CT molecular complexity index is 1410. The fourth-order valence-electron chi connectivity index (χ4n) is 3.19. The summed E-state index contributed by atoms with van der Waals surface area (Å²) in [5, 5.41) is 8.68. The van der Waals surface area contributed by atoms with Gasteiger partial charge in [-0.2, -0.15) is 5.26 Å². The average molecular weight is 459 g/mol. The molecule has 1 atom stereocenters. The number of carbonyl (C=O) groups excluding carboxylic acids is 1. The van der Waals surface area contributed by atoms with Crippen LogP contribution >= 0.6 is 11.8 Å². The number of H-pyrrole nitrogens is 2. The molecule has 0 bridgehead atoms. The number of ether oxygens (including phenoxy) is 1. The molecule has 0 radical (unpaired) electrons. The fraction of sp³-hybridized carbons (Fsp3) is 0.0870. The Morgan fingerprint density at radius 1 is 1.15 bits per heavy atom. The van der Waals surface area contributed by atoms with Crippen LogP contribution in [0.25, 0.3) is 22.5 Å². The molecule has 0 fully saturated rings. The van der Waals surface area contributed by atoms with Gasteiger partial charge in [0.2, 0.25) is 5.91 Å². The first-order chi connectivity index (χ1) is 16.0. The molecule has 4 N–H and O–H groups in total. The molecule has 1 unspecified atom stereocenters. The van der Waals surface area contributed by atoms with Crippen LogP contribution in [0, 0.1) is 11.3 Å². The molecular weight excluding hydrogens is 440 g/mol. The minimum atomic E-state index is -0.947. The molecular formula is C23H18N6O3S. The molecule has 0 aliphatic rings. The third-order valence-electron chi connectivity index (χ3n) is 4.77. The number of carbonyl (C=O) groups is 1. The third kappa shape index (κ3) is 4.63. The zero-order valence-corrected chi connectivity index (χ0v) is 18.2. The van der Waals surface area contributed by atoms with Crippen molar-refractivity contribution in [1.82, 2.24) is 19.9 Å². The number of aromatic nitrogens is 4. The molecule has 0 saturated heterocycles. The number of primary amides is 1. The first-order valence-electron chi connectivity index (χ1n) is 9.75. The topological polar surface area (TPSA) is 151 Å². The number of imidazole rings is 1. The van der Waals surface area contributed by atoms with Crippen molar-refractivity contribution in [2.24, 2.45) is 5.73 Å². The van der Waals surface area contributed by atoms with E-state index < -0.39 is 16.7 Å². The number of nitrogens with zero attached hydrogens (tertiary/aromatic N) is 3. The lowest BCUT2D eigenvalue weighted by Crippen LogP contribution is -2.21. The van der Waals surface area contributed by atoms with Crippen LogP contribution in [0.1, 0.15) is 16.6 Å². The van der Waals surface area contributed by atoms with E-state index in [9.17, 15) is 14.9 Å². The van der Waals surface area contributed by atoms with Gasteiger partial charge in [-0.3, -0.25) is 9.59 Å². The van der Waals surface area contributed by atoms with Crippen LogP contribution in [-0.4, -0.2) is 33.0 Å². The van der Waals surface area contributed by atoms with Crippen molar-refractivity contribution >= 4 is 17.7 Å². The number of nitrogens with two attached hydrogens (primary N) is 1. The first kappa shape index (κ1) is 21.9. The average Bonchev–Trinajstić information content (AvgIpc) is 3.32. The van der Waals surface area contributed by atoms with Crippen LogP contribution in [0.15, 0.2) is 70.7 Å². The van der Waals surface area contributed by atoms with Crippen LogP contribution in [0.3, 0.4) is 0 Å². The number of rotatable bonds is 7. The molecule has 33 heavy (non-hydrogen) atoms. The molecule has 1 amide bonds. The molecule has 0 aliphatic heterocycles. The molecule has 2 aromatic carbocycles. The smallest absolute Gasteiger partial charge is 0.270 e. The van der Waals surface area contributed by atoms with E-state index in [1.165, 1.54) is 7.11 Å². The van der Waals surface area contributed by atoms with Crippen molar-refractivity contribution < 1.29 is 9.53 Å². The van der Waals surface area contributed by atoms with Gasteiger partial charge >= 0.3 is 0 Å². The monoisotopic (exact) mass is 458 g/mol. The summed E-state index contributed by atoms with van der Waals surface area (Å²) in [5.41, 5.74) is 7.19. The zero-order chi connectivity index (χ0) is 23.4. The number of nitriles is 1. The number of methoxy groups -OCH3 is 1. The van der Waals surface area contributed by atoms with Crippen molar-refractivity contribution in [3.05, 3.63) is 82.5 Å². The first-order valence-corrected chi connectivity index (χ1v) is 10.6. The van der Waals surface area contributed by atoms with E-state index in [0.29, 0.717) is 17.1 Å². The van der Waals surface area contributed by atoms with Crippen LogP contribution in [0.2, 0.25) is 0 Å². The second-order valence-electron chi connectivity index (χ2n) is 6.89. The van der Waals surface area contributed by atoms with Crippen molar-refractivity contribution in [2.45, 2.75) is 10.4 Å². The third-order valence-corrected chi connectivity index (χ3v) is 5.88. The minimum absolute atomic E-state index is 0.123. The summed E-state index contributed by atoms with van der Waals surface area (Å²) in [7, 11) is 1.52. The van der Waals surface area contributed by atoms with Gasteiger partial charge in [0, 0.05) is 5.56 Å². The highest BCUT2D eigenvalue weighted by Gasteiger charge is 2.25. The Balaban J connectivity index is 1.72. The number of nitrogens with one attached hydrogen (secondary N) is 2. The molecule has 10 heteroatoms. The molecule has 0 saturated carbocycles. The van der Waals surface area contributed by atoms with E-state index in [4.69, 9.17) is 10.5 Å². The number of aromatic amines is 2. The van der Waals surface area contributed by atoms with Gasteiger partial charge in [-0.1, -0.05) is 54.2 Å². The van der Waals surface area contributed by atoms with Gasteiger partial charge in [0.1, 0.15) is 28.5 Å². The summed E-state index contributed by atoms with van der Waals surface area (Å²) < 4.78 is 5.23. The van der Waals surface area contributed by atoms with Crippen LogP contribution in [0.4, 0.5) is 0 Å². The minimum Gasteiger partial charge on any atom is -0.497 e. The molecule has 9 nitrogen and oxygen atoms in total. The van der Waals surface area contributed by atoms with Gasteiger partial charge in [0.25, 0.3) is 5.56 Å². The van der Waals surface area contributed by atoms with Crippen molar-refractivity contribution in [1.29, 1.82) is 5.26 Å². The summed E-state index contributed by atoms with van der Waals surface area (Å²) in [6, 6.07) is 18.2. The zero-order valence-electron chi connectivity index (χ0n) is 17.4. The highest BCUT2D eigenvalue weighted by molar-refractivity contribution is 8.00. The van der Waals surface area contributed by atoms with E-state index >= 15 is 0 Å². The lowest BCUT2D eigenvalue weighted by Gasteiger charge is -2.12. The standard InChI is InChI=1S/C23H18N6O3S/c1-32-15-9-5-8-14(10-15)18-16(11-24)22(31)29-23(28-18)33-19(20(25)30)21-26-12-17(27-21)13-6-3-2-4-7-13/h2-10,12,19H,1H3,(H2,25,30)(H,26,27)(H,28,29,31). The SMILES string of the molecule is COc1cccc(-c2nc(SC(C(N)=O)c3ncc(-c4ccccc4)[nH]3)[nH]c(=O)c2C#N)c1. The molecule has 0 spiro atoms. The van der Waals surface area contributed by atoms with Crippen LogP contribution in [-0.2, 0) is 4.79 Å². The Kier molecular flexibility index (Phi) is 6.24. The predicted octanol–water partition coefficient (Wildman–Crippen LogP) is 3.03. The number of thioether (sulfide) groups is 1. The maximum Gasteiger partial charge on any atom is 0.270 e. The van der Waals surface area contributed by atoms with Crippen LogP contribution in [0.5, 0.6) is 5.75 Å². The van der Waals surface area contributed by atoms with Crippen molar-refractivity contribution in [3.63, 3.8) is 0 Å². The summed E-state index contributed by atoms with van der Waals surface area (Å²) in [6.45, 7) is 0. The molecule has 2 heterocycles. The number of benzene rings is 2. The highest BCUT2D eigenvalue weighted by Crippen LogP contribution is 2.34. The molecule has 4 rings (SSSR count). The summed E-state index contributed by atoms with van der Waals surface area (Å²) in [5.74, 6) is 0.205. The maximum atomic E-state index is 12.6. The largest absolute Gasteiger partial charge is 0.497 e.